The summed E-state index contributed by atoms with van der Waals surface area (Å²) in [5.74, 6) is 1.81. The molecule has 0 aromatic carbocycles. The molecule has 0 N–H and O–H groups in total. The summed E-state index contributed by atoms with van der Waals surface area (Å²) in [6.07, 6.45) is 0. The first-order valence-electron chi connectivity index (χ1n) is 0.786. The van der Waals surface area contributed by atoms with Crippen molar-refractivity contribution in [2.45, 2.75) is 0 Å². The molecule has 2 nitrogen and oxygen atoms in total. The minimum absolute atomic E-state index is 1.81. The summed E-state index contributed by atoms with van der Waals surface area (Å²) in [6.45, 7) is 0. The van der Waals surface area contributed by atoms with Gasteiger partial charge in [0.25, 0.3) is 0 Å². The van der Waals surface area contributed by atoms with Crippen molar-refractivity contribution in [1.29, 1.82) is 0 Å². The summed E-state index contributed by atoms with van der Waals surface area (Å²) in [4.78, 5) is 0. The molecule has 5 heavy (non-hydrogen) atoms. The van der Waals surface area contributed by atoms with Gasteiger partial charge in [0.2, 0.25) is 0 Å². The molecule has 0 spiro atoms. The monoisotopic (exact) mass is 174 g/mol. The Hall–Kier alpha value is 0.794. The molecule has 0 atom stereocenters. The Balaban J connectivity index is 0. The van der Waals surface area contributed by atoms with Gasteiger partial charge in [-0.05, 0) is 5.83 Å². The number of hydrogen-bond donors (Lipinski definition) is 0. The van der Waals surface area contributed by atoms with Crippen molar-refractivity contribution >= 4 is 15.9 Å². The summed E-state index contributed by atoms with van der Waals surface area (Å²) in [7, 11) is 0. The second-order valence-electron chi connectivity index (χ2n) is 0.0833. The molecule has 0 aliphatic carbocycles. The van der Waals surface area contributed by atoms with E-state index in [1.807, 2.05) is 5.83 Å². The Morgan fingerprint density at radius 1 is 1.40 bits per heavy atom. The fourth-order valence-electron chi connectivity index (χ4n) is 0. The summed E-state index contributed by atoms with van der Waals surface area (Å²) >= 11 is 0.938. The summed E-state index contributed by atoms with van der Waals surface area (Å²) < 4.78 is 17.0. The van der Waals surface area contributed by atoms with Gasteiger partial charge >= 0.3 is 25.7 Å². The molecule has 0 aliphatic heterocycles. The van der Waals surface area contributed by atoms with Crippen LogP contribution in [0.2, 0.25) is 0 Å². The molecular formula is CH3BrO2Ti. The minimum atomic E-state index is -2.00. The quantitative estimate of drug-likeness (QED) is 0.402. The van der Waals surface area contributed by atoms with E-state index in [2.05, 4.69) is 15.9 Å². The van der Waals surface area contributed by atoms with E-state index >= 15 is 0 Å². The Kier molecular flexibility index (Phi) is 39.7. The normalized spacial score (nSPS) is 2.80. The molecule has 0 rings (SSSR count). The van der Waals surface area contributed by atoms with Crippen LogP contribution in [-0.2, 0) is 25.7 Å². The fourth-order valence-corrected chi connectivity index (χ4v) is 0. The molecule has 0 saturated carbocycles. The van der Waals surface area contributed by atoms with Crippen molar-refractivity contribution < 1.29 is 25.7 Å². The maximum atomic E-state index is 8.50. The van der Waals surface area contributed by atoms with Crippen molar-refractivity contribution in [3.63, 3.8) is 0 Å². The van der Waals surface area contributed by atoms with E-state index in [0.717, 1.165) is 0 Å². The molecule has 0 saturated heterocycles. The van der Waals surface area contributed by atoms with E-state index < -0.39 is 19.1 Å². The van der Waals surface area contributed by atoms with Crippen LogP contribution < -0.4 is 0 Å². The second-order valence-corrected chi connectivity index (χ2v) is 0.344. The molecule has 0 aromatic rings. The third-order valence-corrected chi connectivity index (χ3v) is 0. The Bertz CT molecular complexity index is 30.6. The van der Waals surface area contributed by atoms with Crippen molar-refractivity contribution in [2.75, 3.05) is 5.83 Å². The van der Waals surface area contributed by atoms with Gasteiger partial charge in [-0.3, -0.25) is 0 Å². The standard InChI is InChI=1S/CH3Br.2O.Ti/c1-2;;;/h1H3;;;. The first-order valence-corrected chi connectivity index (χ1v) is 3.65. The van der Waals surface area contributed by atoms with E-state index in [4.69, 9.17) is 6.65 Å². The van der Waals surface area contributed by atoms with E-state index in [1.54, 1.807) is 0 Å². The molecule has 0 heterocycles. The predicted octanol–water partition coefficient (Wildman–Crippen LogP) is 0.771. The Morgan fingerprint density at radius 3 is 1.40 bits per heavy atom. The van der Waals surface area contributed by atoms with Gasteiger partial charge in [0, 0.05) is 0 Å². The zero-order chi connectivity index (χ0) is 4.71. The van der Waals surface area contributed by atoms with Gasteiger partial charge in [-0.15, -0.1) is 0 Å². The fraction of sp³-hybridized carbons (Fsp3) is 1.00. The Morgan fingerprint density at radius 2 is 1.40 bits per heavy atom. The third-order valence-electron chi connectivity index (χ3n) is 0. The van der Waals surface area contributed by atoms with Crippen LogP contribution in [0.25, 0.3) is 0 Å². The topological polar surface area (TPSA) is 34.1 Å². The van der Waals surface area contributed by atoms with Crippen molar-refractivity contribution in [3.05, 3.63) is 0 Å². The van der Waals surface area contributed by atoms with Gasteiger partial charge in [0.15, 0.2) is 0 Å². The molecule has 0 bridgehead atoms. The van der Waals surface area contributed by atoms with Gasteiger partial charge in [-0.1, -0.05) is 15.9 Å². The van der Waals surface area contributed by atoms with Crippen molar-refractivity contribution in [1.82, 2.24) is 0 Å². The number of rotatable bonds is 0. The molecule has 4 heteroatoms. The van der Waals surface area contributed by atoms with Gasteiger partial charge in [0.1, 0.15) is 0 Å². The molecule has 0 amide bonds. The van der Waals surface area contributed by atoms with Gasteiger partial charge < -0.3 is 0 Å². The maximum absolute atomic E-state index is 8.50. The molecule has 30 valence electrons. The van der Waals surface area contributed by atoms with Crippen molar-refractivity contribution in [3.8, 4) is 0 Å². The molecule has 0 radical (unpaired) electrons. The predicted molar refractivity (Wildman–Crippen MR) is 16.2 cm³/mol. The molecule has 0 fully saturated rings. The van der Waals surface area contributed by atoms with Crippen LogP contribution in [0.15, 0.2) is 0 Å². The van der Waals surface area contributed by atoms with Gasteiger partial charge in [0.05, 0.1) is 0 Å². The van der Waals surface area contributed by atoms with Gasteiger partial charge in [-0.25, -0.2) is 0 Å². The molecule has 0 unspecified atom stereocenters. The first-order chi connectivity index (χ1) is 2.41. The molecular weight excluding hydrogens is 172 g/mol. The Labute approximate surface area is 47.6 Å². The van der Waals surface area contributed by atoms with E-state index in [9.17, 15) is 0 Å². The average Bonchev–Trinajstić information content (AvgIpc) is 1.46. The first kappa shape index (κ1) is 9.25. The van der Waals surface area contributed by atoms with E-state index in [-0.39, 0.29) is 0 Å². The zero-order valence-electron chi connectivity index (χ0n) is 2.69. The summed E-state index contributed by atoms with van der Waals surface area (Å²) in [5.41, 5.74) is 0. The SMILES string of the molecule is CBr.[O]=[Ti]=[O]. The van der Waals surface area contributed by atoms with Crippen LogP contribution in [-0.4, -0.2) is 5.83 Å². The van der Waals surface area contributed by atoms with Crippen LogP contribution >= 0.6 is 15.9 Å². The molecule has 0 aliphatic rings. The summed E-state index contributed by atoms with van der Waals surface area (Å²) in [5, 5.41) is 0. The van der Waals surface area contributed by atoms with Crippen molar-refractivity contribution in [2.24, 2.45) is 0 Å². The van der Waals surface area contributed by atoms with E-state index in [0.29, 0.717) is 0 Å². The second kappa shape index (κ2) is 21.4. The van der Waals surface area contributed by atoms with E-state index in [1.165, 1.54) is 0 Å². The van der Waals surface area contributed by atoms with Crippen LogP contribution in [0.5, 0.6) is 0 Å². The van der Waals surface area contributed by atoms with Crippen LogP contribution in [0.4, 0.5) is 0 Å². The number of halogens is 1. The number of hydrogen-bond acceptors (Lipinski definition) is 2. The average molecular weight is 175 g/mol. The summed E-state index contributed by atoms with van der Waals surface area (Å²) in [6, 6.07) is 0. The third kappa shape index (κ3) is 59.3. The van der Waals surface area contributed by atoms with Gasteiger partial charge in [-0.2, -0.15) is 0 Å². The number of alkyl halides is 1. The van der Waals surface area contributed by atoms with Crippen LogP contribution in [0, 0.1) is 0 Å². The molecule has 0 aromatic heterocycles. The van der Waals surface area contributed by atoms with Crippen LogP contribution in [0.3, 0.4) is 0 Å². The zero-order valence-corrected chi connectivity index (χ0v) is 5.84. The van der Waals surface area contributed by atoms with Crippen LogP contribution in [0.1, 0.15) is 0 Å².